The smallest absolute Gasteiger partial charge is 0.200 e. The van der Waals surface area contributed by atoms with Crippen LogP contribution in [0.1, 0.15) is 85.5 Å². The van der Waals surface area contributed by atoms with Crippen molar-refractivity contribution in [2.45, 2.75) is 82.1 Å². The van der Waals surface area contributed by atoms with Crippen molar-refractivity contribution >= 4 is 22.2 Å². The standard InChI is InChI=1S/C45H50N2O8/c1-54-38-17-25(5-11-34(38)49)6-12-35(50)43-36(51)21-29(30-22-37(52)44(53)39(23-30)55-2)18-26-7-8-27-19-32(48)20-28-9-10-33(42(26)41(27)28)47-40-24-31(13-16-46-40)45(43)14-3-4-15-45/h5,9-11,13,17,19-20,22-24,26,29,35,43,46-50,52-53H,3-4,6-8,12,14-16,18,21H2,1-2H3. The highest BCUT2D eigenvalue weighted by Crippen LogP contribution is 2.55. The van der Waals surface area contributed by atoms with Crippen LogP contribution in [0.15, 0.2) is 78.1 Å². The molecule has 10 heteroatoms. The highest BCUT2D eigenvalue weighted by atomic mass is 16.5. The van der Waals surface area contributed by atoms with E-state index in [2.05, 4.69) is 28.9 Å². The Balaban J connectivity index is 1.27. The van der Waals surface area contributed by atoms with Crippen LogP contribution in [-0.4, -0.2) is 58.2 Å². The van der Waals surface area contributed by atoms with Crippen LogP contribution >= 0.6 is 0 Å². The van der Waals surface area contributed by atoms with Gasteiger partial charge in [0.25, 0.3) is 0 Å². The number of anilines is 1. The maximum absolute atomic E-state index is 15.4. The molecule has 1 fully saturated rings. The number of hydrogen-bond acceptors (Lipinski definition) is 10. The Labute approximate surface area is 321 Å². The summed E-state index contributed by atoms with van der Waals surface area (Å²) in [5.74, 6) is -0.208. The summed E-state index contributed by atoms with van der Waals surface area (Å²) in [5.41, 5.74) is 5.18. The molecule has 4 atom stereocenters. The largest absolute Gasteiger partial charge is 0.508 e. The van der Waals surface area contributed by atoms with Crippen LogP contribution in [0.25, 0.3) is 10.8 Å². The quantitative estimate of drug-likeness (QED) is 0.0930. The minimum absolute atomic E-state index is 0.00349. The number of ketones is 1. The van der Waals surface area contributed by atoms with Gasteiger partial charge in [0.05, 0.1) is 26.2 Å². The van der Waals surface area contributed by atoms with Gasteiger partial charge in [0.1, 0.15) is 17.4 Å². The van der Waals surface area contributed by atoms with E-state index in [0.717, 1.165) is 83.1 Å². The van der Waals surface area contributed by atoms with E-state index in [0.29, 0.717) is 37.1 Å². The number of methoxy groups -OCH3 is 2. The number of dihydropyridines is 1. The number of Topliss-reactive ketones (excluding diaryl/α,β-unsaturated/α-hetero) is 1. The van der Waals surface area contributed by atoms with Gasteiger partial charge < -0.3 is 45.6 Å². The third-order valence-corrected chi connectivity index (χ3v) is 12.7. The van der Waals surface area contributed by atoms with Crippen molar-refractivity contribution in [3.8, 4) is 34.5 Å². The summed E-state index contributed by atoms with van der Waals surface area (Å²) in [4.78, 5) is 15.4. The Morgan fingerprint density at radius 3 is 2.49 bits per heavy atom. The van der Waals surface area contributed by atoms with Gasteiger partial charge in [-0.05, 0) is 144 Å². The molecular formula is C45H50N2O8. The van der Waals surface area contributed by atoms with Gasteiger partial charge in [-0.1, -0.05) is 31.1 Å². The maximum Gasteiger partial charge on any atom is 0.200 e. The number of fused-ring (bicyclic) bond motifs is 2. The molecule has 2 aliphatic carbocycles. The van der Waals surface area contributed by atoms with E-state index in [1.165, 1.54) is 14.2 Å². The number of benzene rings is 4. The number of aliphatic hydroxyl groups is 1. The molecule has 4 aromatic carbocycles. The van der Waals surface area contributed by atoms with Gasteiger partial charge in [0, 0.05) is 24.1 Å². The van der Waals surface area contributed by atoms with Crippen LogP contribution in [0.4, 0.5) is 5.69 Å². The zero-order valence-corrected chi connectivity index (χ0v) is 31.4. The Morgan fingerprint density at radius 2 is 1.71 bits per heavy atom. The van der Waals surface area contributed by atoms with E-state index in [-0.39, 0.29) is 46.9 Å². The number of phenols is 4. The summed E-state index contributed by atoms with van der Waals surface area (Å²) < 4.78 is 10.8. The first-order chi connectivity index (χ1) is 26.6. The Kier molecular flexibility index (Phi) is 9.79. The first-order valence-corrected chi connectivity index (χ1v) is 19.5. The molecule has 7 N–H and O–H groups in total. The van der Waals surface area contributed by atoms with E-state index in [4.69, 9.17) is 9.47 Å². The van der Waals surface area contributed by atoms with Gasteiger partial charge in [-0.2, -0.15) is 0 Å². The Bertz CT molecular complexity index is 2200. The molecule has 288 valence electrons. The molecule has 1 saturated carbocycles. The Hall–Kier alpha value is -5.35. The number of rotatable bonds is 7. The third-order valence-electron chi connectivity index (χ3n) is 12.7. The number of aromatic hydroxyl groups is 4. The summed E-state index contributed by atoms with van der Waals surface area (Å²) in [5, 5.41) is 64.1. The number of allylic oxidation sites excluding steroid dienone is 2. The highest BCUT2D eigenvalue weighted by Gasteiger charge is 2.50. The lowest BCUT2D eigenvalue weighted by Crippen LogP contribution is -2.44. The number of nitrogens with one attached hydrogen (secondary N) is 2. The predicted molar refractivity (Wildman–Crippen MR) is 211 cm³/mol. The van der Waals surface area contributed by atoms with Gasteiger partial charge in [-0.25, -0.2) is 0 Å². The van der Waals surface area contributed by atoms with Crippen LogP contribution < -0.4 is 20.1 Å². The molecule has 0 radical (unpaired) electrons. The molecule has 2 heterocycles. The van der Waals surface area contributed by atoms with E-state index in [1.807, 2.05) is 18.2 Å². The number of ether oxygens (including phenoxy) is 2. The highest BCUT2D eigenvalue weighted by molar-refractivity contribution is 5.95. The summed E-state index contributed by atoms with van der Waals surface area (Å²) in [6.45, 7) is 0.570. The molecule has 2 aliphatic heterocycles. The molecule has 4 aromatic rings. The van der Waals surface area contributed by atoms with Crippen LogP contribution in [0.2, 0.25) is 0 Å². The molecule has 8 rings (SSSR count). The van der Waals surface area contributed by atoms with Gasteiger partial charge >= 0.3 is 0 Å². The van der Waals surface area contributed by atoms with E-state index in [1.54, 1.807) is 30.3 Å². The van der Waals surface area contributed by atoms with Gasteiger partial charge in [0.15, 0.2) is 23.0 Å². The van der Waals surface area contributed by atoms with Gasteiger partial charge in [-0.3, -0.25) is 4.79 Å². The van der Waals surface area contributed by atoms with Crippen molar-refractivity contribution in [2.75, 3.05) is 26.1 Å². The first-order valence-electron chi connectivity index (χ1n) is 19.5. The van der Waals surface area contributed by atoms with Crippen molar-refractivity contribution in [2.24, 2.45) is 11.3 Å². The lowest BCUT2D eigenvalue weighted by atomic mass is 9.62. The summed E-state index contributed by atoms with van der Waals surface area (Å²) in [6, 6.07) is 16.2. The zero-order valence-electron chi connectivity index (χ0n) is 31.4. The third kappa shape index (κ3) is 6.71. The molecule has 10 nitrogen and oxygen atoms in total. The maximum atomic E-state index is 15.4. The molecule has 4 aliphatic rings. The normalized spacial score (nSPS) is 22.3. The summed E-state index contributed by atoms with van der Waals surface area (Å²) >= 11 is 0. The number of aliphatic hydroxyl groups excluding tert-OH is 1. The second kappa shape index (κ2) is 14.7. The second-order valence-corrected chi connectivity index (χ2v) is 15.8. The summed E-state index contributed by atoms with van der Waals surface area (Å²) in [6.07, 6.45) is 9.75. The van der Waals surface area contributed by atoms with E-state index < -0.39 is 23.4 Å². The average Bonchev–Trinajstić information content (AvgIpc) is 3.67. The molecule has 4 unspecified atom stereocenters. The molecule has 0 aromatic heterocycles. The monoisotopic (exact) mass is 746 g/mol. The first kappa shape index (κ1) is 36.6. The van der Waals surface area contributed by atoms with Crippen LogP contribution in [0.5, 0.6) is 34.5 Å². The zero-order chi connectivity index (χ0) is 38.4. The second-order valence-electron chi connectivity index (χ2n) is 15.8. The van der Waals surface area contributed by atoms with E-state index in [9.17, 15) is 25.5 Å². The summed E-state index contributed by atoms with van der Waals surface area (Å²) in [7, 11) is 2.94. The fourth-order valence-electron chi connectivity index (χ4n) is 10.2. The van der Waals surface area contributed by atoms with Crippen molar-refractivity contribution in [1.82, 2.24) is 5.32 Å². The van der Waals surface area contributed by atoms with Crippen molar-refractivity contribution in [3.63, 3.8) is 0 Å². The van der Waals surface area contributed by atoms with E-state index >= 15 is 4.79 Å². The number of carbonyl (C=O) groups excluding carboxylic acids is 1. The van der Waals surface area contributed by atoms with Crippen LogP contribution in [-0.2, 0) is 17.6 Å². The number of carbonyl (C=O) groups is 1. The molecular weight excluding hydrogens is 697 g/mol. The van der Waals surface area contributed by atoms with Crippen LogP contribution in [0, 0.1) is 11.3 Å². The molecule has 1 spiro atoms. The van der Waals surface area contributed by atoms with Crippen molar-refractivity contribution < 1.29 is 39.8 Å². The minimum atomic E-state index is -0.967. The fourth-order valence-corrected chi connectivity index (χ4v) is 10.2. The van der Waals surface area contributed by atoms with Gasteiger partial charge in [-0.15, -0.1) is 0 Å². The topological polar surface area (TPSA) is 161 Å². The Morgan fingerprint density at radius 1 is 0.909 bits per heavy atom. The van der Waals surface area contributed by atoms with Gasteiger partial charge in [0.2, 0.25) is 5.75 Å². The number of hydrogen-bond donors (Lipinski definition) is 7. The number of aryl methyl sites for hydroxylation is 2. The lowest BCUT2D eigenvalue weighted by Gasteiger charge is -2.42. The van der Waals surface area contributed by atoms with Crippen molar-refractivity contribution in [1.29, 1.82) is 0 Å². The molecule has 2 bridgehead atoms. The fraction of sp³-hybridized carbons (Fsp3) is 0.400. The SMILES string of the molecule is COc1cc(CCC(O)C2C(=O)CC(c3cc(O)c(O)c(OC)c3)CC3CCc4cc(O)cc5ccc(c3c45)NC3=CC(=CCN3)C23CCCC3)ccc1O. The minimum Gasteiger partial charge on any atom is -0.508 e. The molecule has 0 amide bonds. The average molecular weight is 747 g/mol. The lowest BCUT2D eigenvalue weighted by molar-refractivity contribution is -0.132. The molecule has 0 saturated heterocycles. The number of phenolic OH excluding ortho intramolecular Hbond substituents is 4. The van der Waals surface area contributed by atoms with Crippen LogP contribution in [0.3, 0.4) is 0 Å². The molecule has 55 heavy (non-hydrogen) atoms. The van der Waals surface area contributed by atoms with Crippen molar-refractivity contribution in [3.05, 3.63) is 100 Å². The predicted octanol–water partition coefficient (Wildman–Crippen LogP) is 7.81.